The van der Waals surface area contributed by atoms with E-state index in [9.17, 15) is 10.1 Å². The summed E-state index contributed by atoms with van der Waals surface area (Å²) in [6, 6.07) is 4.77. The number of rotatable bonds is 3. The van der Waals surface area contributed by atoms with Crippen LogP contribution in [-0.2, 0) is 0 Å². The smallest absolute Gasteiger partial charge is 0.271 e. The van der Waals surface area contributed by atoms with Crippen LogP contribution in [0.2, 0.25) is 5.02 Å². The first-order valence-electron chi connectivity index (χ1n) is 7.27. The lowest BCUT2D eigenvalue weighted by atomic mass is 10.1. The third-order valence-corrected chi connectivity index (χ3v) is 4.17. The molecule has 1 aliphatic heterocycles. The topological polar surface area (TPSA) is 75.4 Å². The standard InChI is InChI=1S/C15H16ClN5O2/c1-11-9-12(21(22)23)10-13(16)14(11)19-5-7-20(8-6-19)15-17-3-2-4-18-15/h2-4,9-10H,5-8H2,1H3. The number of hydrogen-bond donors (Lipinski definition) is 0. The molecule has 2 heterocycles. The Kier molecular flexibility index (Phi) is 4.29. The summed E-state index contributed by atoms with van der Waals surface area (Å²) in [4.78, 5) is 23.3. The number of nitrogens with zero attached hydrogens (tertiary/aromatic N) is 5. The van der Waals surface area contributed by atoms with Gasteiger partial charge < -0.3 is 9.80 Å². The molecule has 0 unspecified atom stereocenters. The Morgan fingerprint density at radius 1 is 1.13 bits per heavy atom. The van der Waals surface area contributed by atoms with Crippen molar-refractivity contribution in [3.05, 3.63) is 51.3 Å². The van der Waals surface area contributed by atoms with Crippen molar-refractivity contribution in [1.29, 1.82) is 0 Å². The van der Waals surface area contributed by atoms with Crippen molar-refractivity contribution in [2.24, 2.45) is 0 Å². The first-order valence-corrected chi connectivity index (χ1v) is 7.65. The van der Waals surface area contributed by atoms with Gasteiger partial charge in [0.05, 0.1) is 15.6 Å². The highest BCUT2D eigenvalue weighted by Crippen LogP contribution is 2.34. The molecule has 1 fully saturated rings. The van der Waals surface area contributed by atoms with Gasteiger partial charge in [-0.25, -0.2) is 9.97 Å². The van der Waals surface area contributed by atoms with Crippen LogP contribution in [0, 0.1) is 17.0 Å². The van der Waals surface area contributed by atoms with Crippen LogP contribution in [-0.4, -0.2) is 41.1 Å². The number of anilines is 2. The minimum Gasteiger partial charge on any atom is -0.367 e. The normalized spacial score (nSPS) is 14.9. The fraction of sp³-hybridized carbons (Fsp3) is 0.333. The third kappa shape index (κ3) is 3.19. The Balaban J connectivity index is 1.76. The zero-order chi connectivity index (χ0) is 16.4. The minimum atomic E-state index is -0.423. The van der Waals surface area contributed by atoms with Gasteiger partial charge in [-0.3, -0.25) is 10.1 Å². The molecular formula is C15H16ClN5O2. The van der Waals surface area contributed by atoms with Gasteiger partial charge in [0.25, 0.3) is 5.69 Å². The van der Waals surface area contributed by atoms with Crippen molar-refractivity contribution in [2.45, 2.75) is 6.92 Å². The molecule has 1 aromatic carbocycles. The number of aryl methyl sites for hydroxylation is 1. The largest absolute Gasteiger partial charge is 0.367 e. The highest BCUT2D eigenvalue weighted by Gasteiger charge is 2.23. The summed E-state index contributed by atoms with van der Waals surface area (Å²) in [7, 11) is 0. The maximum Gasteiger partial charge on any atom is 0.271 e. The average Bonchev–Trinajstić information content (AvgIpc) is 2.55. The van der Waals surface area contributed by atoms with Gasteiger partial charge in [0.2, 0.25) is 5.95 Å². The summed E-state index contributed by atoms with van der Waals surface area (Å²) in [5.74, 6) is 0.721. The molecule has 23 heavy (non-hydrogen) atoms. The van der Waals surface area contributed by atoms with Crippen molar-refractivity contribution in [3.63, 3.8) is 0 Å². The molecule has 120 valence electrons. The number of piperazine rings is 1. The van der Waals surface area contributed by atoms with E-state index < -0.39 is 4.92 Å². The lowest BCUT2D eigenvalue weighted by Gasteiger charge is -2.37. The molecule has 8 heteroatoms. The van der Waals surface area contributed by atoms with Gasteiger partial charge in [-0.2, -0.15) is 0 Å². The molecule has 1 aliphatic rings. The minimum absolute atomic E-state index is 0.0209. The lowest BCUT2D eigenvalue weighted by Crippen LogP contribution is -2.47. The molecule has 7 nitrogen and oxygen atoms in total. The van der Waals surface area contributed by atoms with E-state index in [0.29, 0.717) is 5.02 Å². The van der Waals surface area contributed by atoms with Crippen molar-refractivity contribution < 1.29 is 4.92 Å². The van der Waals surface area contributed by atoms with Gasteiger partial charge in [-0.15, -0.1) is 0 Å². The Morgan fingerprint density at radius 3 is 2.30 bits per heavy atom. The highest BCUT2D eigenvalue weighted by atomic mass is 35.5. The molecule has 1 aromatic heterocycles. The number of non-ortho nitro benzene ring substituents is 1. The van der Waals surface area contributed by atoms with E-state index in [2.05, 4.69) is 19.8 Å². The first-order chi connectivity index (χ1) is 11.1. The average molecular weight is 334 g/mol. The van der Waals surface area contributed by atoms with Crippen LogP contribution in [0.1, 0.15) is 5.56 Å². The predicted octanol–water partition coefficient (Wildman–Crippen LogP) is 2.67. The van der Waals surface area contributed by atoms with E-state index in [1.54, 1.807) is 24.5 Å². The molecule has 1 saturated heterocycles. The van der Waals surface area contributed by atoms with Crippen LogP contribution < -0.4 is 9.80 Å². The molecule has 0 aliphatic carbocycles. The molecule has 0 amide bonds. The molecule has 3 rings (SSSR count). The Bertz CT molecular complexity index is 694. The zero-order valence-electron chi connectivity index (χ0n) is 12.6. The number of aromatic nitrogens is 2. The number of halogens is 1. The SMILES string of the molecule is Cc1cc([N+](=O)[O-])cc(Cl)c1N1CCN(c2ncccn2)CC1. The van der Waals surface area contributed by atoms with Crippen LogP contribution in [0.3, 0.4) is 0 Å². The Morgan fingerprint density at radius 2 is 1.74 bits per heavy atom. The number of nitro groups is 1. The van der Waals surface area contributed by atoms with Crippen LogP contribution in [0.4, 0.5) is 17.3 Å². The summed E-state index contributed by atoms with van der Waals surface area (Å²) in [5.41, 5.74) is 1.70. The second-order valence-electron chi connectivity index (χ2n) is 5.37. The maximum atomic E-state index is 10.9. The molecule has 0 bridgehead atoms. The van der Waals surface area contributed by atoms with E-state index in [1.165, 1.54) is 6.07 Å². The number of benzene rings is 1. The van der Waals surface area contributed by atoms with Crippen LogP contribution >= 0.6 is 11.6 Å². The fourth-order valence-corrected chi connectivity index (χ4v) is 3.19. The lowest BCUT2D eigenvalue weighted by molar-refractivity contribution is -0.384. The van der Waals surface area contributed by atoms with Crippen molar-refractivity contribution in [2.75, 3.05) is 36.0 Å². The summed E-state index contributed by atoms with van der Waals surface area (Å²) < 4.78 is 0. The monoisotopic (exact) mass is 333 g/mol. The molecule has 0 atom stereocenters. The van der Waals surface area contributed by atoms with Crippen molar-refractivity contribution in [3.8, 4) is 0 Å². The third-order valence-electron chi connectivity index (χ3n) is 3.88. The molecule has 0 spiro atoms. The van der Waals surface area contributed by atoms with Gasteiger partial charge in [0, 0.05) is 50.7 Å². The summed E-state index contributed by atoms with van der Waals surface area (Å²) in [6.45, 7) is 4.92. The molecule has 0 N–H and O–H groups in total. The van der Waals surface area contributed by atoms with Gasteiger partial charge in [0.1, 0.15) is 0 Å². The van der Waals surface area contributed by atoms with Crippen LogP contribution in [0.15, 0.2) is 30.6 Å². The quantitative estimate of drug-likeness (QED) is 0.635. The maximum absolute atomic E-state index is 10.9. The molecule has 0 saturated carbocycles. The van der Waals surface area contributed by atoms with E-state index >= 15 is 0 Å². The summed E-state index contributed by atoms with van der Waals surface area (Å²) in [5, 5.41) is 11.3. The van der Waals surface area contributed by atoms with Gasteiger partial charge in [0.15, 0.2) is 0 Å². The predicted molar refractivity (Wildman–Crippen MR) is 89.3 cm³/mol. The number of hydrogen-bond acceptors (Lipinski definition) is 6. The number of nitro benzene ring substituents is 1. The summed E-state index contributed by atoms with van der Waals surface area (Å²) in [6.07, 6.45) is 3.46. The summed E-state index contributed by atoms with van der Waals surface area (Å²) >= 11 is 6.28. The van der Waals surface area contributed by atoms with Crippen molar-refractivity contribution >= 4 is 28.9 Å². The Hall–Kier alpha value is -2.41. The second kappa shape index (κ2) is 6.37. The van der Waals surface area contributed by atoms with Crippen LogP contribution in [0.5, 0.6) is 0 Å². The van der Waals surface area contributed by atoms with E-state index in [-0.39, 0.29) is 5.69 Å². The van der Waals surface area contributed by atoms with Gasteiger partial charge in [-0.1, -0.05) is 11.6 Å². The molecule has 0 radical (unpaired) electrons. The highest BCUT2D eigenvalue weighted by molar-refractivity contribution is 6.33. The van der Waals surface area contributed by atoms with Gasteiger partial charge in [-0.05, 0) is 18.6 Å². The van der Waals surface area contributed by atoms with E-state index in [4.69, 9.17) is 11.6 Å². The molecular weight excluding hydrogens is 318 g/mol. The first kappa shape index (κ1) is 15.5. The second-order valence-corrected chi connectivity index (χ2v) is 5.78. The van der Waals surface area contributed by atoms with E-state index in [0.717, 1.165) is 43.4 Å². The molecule has 2 aromatic rings. The van der Waals surface area contributed by atoms with Crippen molar-refractivity contribution in [1.82, 2.24) is 9.97 Å². The van der Waals surface area contributed by atoms with E-state index in [1.807, 2.05) is 6.92 Å². The fourth-order valence-electron chi connectivity index (χ4n) is 2.81. The zero-order valence-corrected chi connectivity index (χ0v) is 13.4. The van der Waals surface area contributed by atoms with Crippen LogP contribution in [0.25, 0.3) is 0 Å². The Labute approximate surface area is 138 Å². The van der Waals surface area contributed by atoms with Gasteiger partial charge >= 0.3 is 0 Å².